The average molecular weight is 183 g/mol. The van der Waals surface area contributed by atoms with Crippen LogP contribution in [-0.4, -0.2) is 22.7 Å². The molecule has 13 heavy (non-hydrogen) atoms. The Morgan fingerprint density at radius 3 is 2.54 bits per heavy atom. The lowest BCUT2D eigenvalue weighted by Crippen LogP contribution is -2.15. The van der Waals surface area contributed by atoms with Crippen molar-refractivity contribution >= 4 is 12.0 Å². The van der Waals surface area contributed by atoms with Gasteiger partial charge in [0.05, 0.1) is 5.54 Å². The van der Waals surface area contributed by atoms with Crippen LogP contribution in [0.3, 0.4) is 0 Å². The van der Waals surface area contributed by atoms with Crippen LogP contribution in [0.15, 0.2) is 16.6 Å². The van der Waals surface area contributed by atoms with Crippen LogP contribution in [0.25, 0.3) is 0 Å². The Labute approximate surface area is 77.0 Å². The number of hydrogen-bond donors (Lipinski definition) is 1. The maximum Gasteiger partial charge on any atom is 0.330 e. The van der Waals surface area contributed by atoms with Crippen molar-refractivity contribution in [3.63, 3.8) is 0 Å². The van der Waals surface area contributed by atoms with Crippen LogP contribution in [0, 0.1) is 0 Å². The number of carboxylic acid groups (broad SMARTS) is 1. The third kappa shape index (κ3) is 4.93. The van der Waals surface area contributed by atoms with Gasteiger partial charge in [0.15, 0.2) is 0 Å². The highest BCUT2D eigenvalue weighted by molar-refractivity contribution is 5.85. The molecule has 4 nitrogen and oxygen atoms in total. The number of isocyanates is 1. The molecule has 1 N–H and O–H groups in total. The van der Waals surface area contributed by atoms with Gasteiger partial charge in [-0.3, -0.25) is 0 Å². The summed E-state index contributed by atoms with van der Waals surface area (Å²) in [5.74, 6) is -0.953. The van der Waals surface area contributed by atoms with E-state index in [9.17, 15) is 9.59 Å². The van der Waals surface area contributed by atoms with Crippen molar-refractivity contribution in [2.24, 2.45) is 4.99 Å². The highest BCUT2D eigenvalue weighted by Crippen LogP contribution is 2.15. The topological polar surface area (TPSA) is 66.7 Å². The van der Waals surface area contributed by atoms with Gasteiger partial charge in [0.2, 0.25) is 6.08 Å². The van der Waals surface area contributed by atoms with Crippen LogP contribution in [-0.2, 0) is 9.59 Å². The third-order valence-electron chi connectivity index (χ3n) is 1.59. The van der Waals surface area contributed by atoms with E-state index in [0.29, 0.717) is 6.42 Å². The number of hydrogen-bond acceptors (Lipinski definition) is 3. The van der Waals surface area contributed by atoms with E-state index in [1.807, 2.05) is 0 Å². The molecule has 0 radical (unpaired) electrons. The first kappa shape index (κ1) is 11.6. The van der Waals surface area contributed by atoms with Gasteiger partial charge >= 0.3 is 5.97 Å². The van der Waals surface area contributed by atoms with Gasteiger partial charge in [0.1, 0.15) is 0 Å². The molecule has 0 rings (SSSR count). The van der Waals surface area contributed by atoms with E-state index in [0.717, 1.165) is 0 Å². The van der Waals surface area contributed by atoms with Crippen molar-refractivity contribution < 1.29 is 14.7 Å². The summed E-state index contributed by atoms with van der Waals surface area (Å²) in [5.41, 5.74) is -0.312. The summed E-state index contributed by atoms with van der Waals surface area (Å²) in [7, 11) is 0. The normalized spacial score (nSPS) is 12.1. The van der Waals surface area contributed by atoms with Crippen LogP contribution < -0.4 is 0 Å². The van der Waals surface area contributed by atoms with Crippen LogP contribution in [0.1, 0.15) is 27.2 Å². The van der Waals surface area contributed by atoms with Gasteiger partial charge in [-0.25, -0.2) is 9.59 Å². The fourth-order valence-corrected chi connectivity index (χ4v) is 0.659. The highest BCUT2D eigenvalue weighted by atomic mass is 16.4. The summed E-state index contributed by atoms with van der Waals surface area (Å²) in [6.07, 6.45) is 3.42. The van der Waals surface area contributed by atoms with Gasteiger partial charge in [-0.05, 0) is 27.2 Å². The predicted molar refractivity (Wildman–Crippen MR) is 48.2 cm³/mol. The number of rotatable bonds is 4. The SMILES string of the molecule is CC(=CCC(C)(C)N=C=O)C(=O)O. The van der Waals surface area contributed by atoms with E-state index in [2.05, 4.69) is 4.99 Å². The Kier molecular flexibility index (Phi) is 4.08. The van der Waals surface area contributed by atoms with E-state index in [1.165, 1.54) is 13.0 Å². The van der Waals surface area contributed by atoms with Gasteiger partial charge in [-0.15, -0.1) is 0 Å². The van der Waals surface area contributed by atoms with Crippen molar-refractivity contribution in [1.82, 2.24) is 0 Å². The molecule has 0 fully saturated rings. The number of carbonyl (C=O) groups is 1. The van der Waals surface area contributed by atoms with E-state index >= 15 is 0 Å². The molecule has 0 atom stereocenters. The summed E-state index contributed by atoms with van der Waals surface area (Å²) < 4.78 is 0. The van der Waals surface area contributed by atoms with E-state index in [-0.39, 0.29) is 5.57 Å². The second-order valence-corrected chi connectivity index (χ2v) is 3.41. The molecule has 0 spiro atoms. The van der Waals surface area contributed by atoms with Crippen molar-refractivity contribution in [3.05, 3.63) is 11.6 Å². The molecule has 0 bridgehead atoms. The molecule has 72 valence electrons. The Bertz CT molecular complexity index is 273. The quantitative estimate of drug-likeness (QED) is 0.408. The van der Waals surface area contributed by atoms with Crippen LogP contribution in [0.5, 0.6) is 0 Å². The fourth-order valence-electron chi connectivity index (χ4n) is 0.659. The standard InChI is InChI=1S/C9H13NO3/c1-7(8(12)13)4-5-9(2,3)10-6-11/h4H,5H2,1-3H3,(H,12,13). The highest BCUT2D eigenvalue weighted by Gasteiger charge is 2.14. The van der Waals surface area contributed by atoms with Crippen molar-refractivity contribution in [3.8, 4) is 0 Å². The van der Waals surface area contributed by atoms with Gasteiger partial charge in [-0.2, -0.15) is 4.99 Å². The first-order chi connectivity index (χ1) is 5.89. The number of aliphatic carboxylic acids is 1. The maximum absolute atomic E-state index is 10.4. The Hall–Kier alpha value is -1.41. The largest absolute Gasteiger partial charge is 0.478 e. The number of carboxylic acids is 1. The number of nitrogens with zero attached hydrogens (tertiary/aromatic N) is 1. The molecule has 0 amide bonds. The average Bonchev–Trinajstić information content (AvgIpc) is 2.00. The first-order valence-electron chi connectivity index (χ1n) is 3.88. The van der Waals surface area contributed by atoms with E-state index in [1.54, 1.807) is 19.9 Å². The van der Waals surface area contributed by atoms with E-state index in [4.69, 9.17) is 5.11 Å². The predicted octanol–water partition coefficient (Wildman–Crippen LogP) is 1.52. The molecule has 0 unspecified atom stereocenters. The lowest BCUT2D eigenvalue weighted by atomic mass is 10.0. The molecule has 0 aromatic rings. The Balaban J connectivity index is 4.38. The maximum atomic E-state index is 10.4. The van der Waals surface area contributed by atoms with Crippen LogP contribution in [0.4, 0.5) is 0 Å². The molecule has 0 aliphatic carbocycles. The van der Waals surface area contributed by atoms with E-state index < -0.39 is 11.5 Å². The summed E-state index contributed by atoms with van der Waals surface area (Å²) in [5, 5.41) is 8.53. The van der Waals surface area contributed by atoms with Gasteiger partial charge < -0.3 is 5.11 Å². The van der Waals surface area contributed by atoms with Crippen LogP contribution >= 0.6 is 0 Å². The smallest absolute Gasteiger partial charge is 0.330 e. The molecule has 0 aliphatic heterocycles. The van der Waals surface area contributed by atoms with Gasteiger partial charge in [-0.1, -0.05) is 6.08 Å². The lowest BCUT2D eigenvalue weighted by molar-refractivity contribution is -0.132. The zero-order valence-electron chi connectivity index (χ0n) is 8.00. The molecule has 0 aromatic carbocycles. The second kappa shape index (κ2) is 4.58. The summed E-state index contributed by atoms with van der Waals surface area (Å²) in [4.78, 5) is 23.9. The molecule has 0 aliphatic rings. The minimum absolute atomic E-state index is 0.258. The second-order valence-electron chi connectivity index (χ2n) is 3.41. The molecule has 0 saturated carbocycles. The lowest BCUT2D eigenvalue weighted by Gasteiger charge is -2.14. The number of aliphatic imine (C=N–C) groups is 1. The summed E-state index contributed by atoms with van der Waals surface area (Å²) in [6, 6.07) is 0. The Morgan fingerprint density at radius 2 is 2.15 bits per heavy atom. The fraction of sp³-hybridized carbons (Fsp3) is 0.556. The molecular formula is C9H13NO3. The molecule has 0 aromatic heterocycles. The zero-order valence-corrected chi connectivity index (χ0v) is 8.00. The molecule has 0 heterocycles. The minimum Gasteiger partial charge on any atom is -0.478 e. The molecular weight excluding hydrogens is 170 g/mol. The van der Waals surface area contributed by atoms with Crippen molar-refractivity contribution in [1.29, 1.82) is 0 Å². The molecule has 0 saturated heterocycles. The summed E-state index contributed by atoms with van der Waals surface area (Å²) in [6.45, 7) is 4.98. The number of carbonyl (C=O) groups excluding carboxylic acids is 1. The Morgan fingerprint density at radius 1 is 1.62 bits per heavy atom. The summed E-state index contributed by atoms with van der Waals surface area (Å²) >= 11 is 0. The third-order valence-corrected chi connectivity index (χ3v) is 1.59. The van der Waals surface area contributed by atoms with Crippen LogP contribution in [0.2, 0.25) is 0 Å². The van der Waals surface area contributed by atoms with Gasteiger partial charge in [0.25, 0.3) is 0 Å². The van der Waals surface area contributed by atoms with Crippen molar-refractivity contribution in [2.45, 2.75) is 32.7 Å². The minimum atomic E-state index is -0.953. The monoisotopic (exact) mass is 183 g/mol. The molecule has 4 heteroatoms. The zero-order chi connectivity index (χ0) is 10.5. The first-order valence-corrected chi connectivity index (χ1v) is 3.88. The van der Waals surface area contributed by atoms with Gasteiger partial charge in [0, 0.05) is 5.57 Å². The van der Waals surface area contributed by atoms with Crippen molar-refractivity contribution in [2.75, 3.05) is 0 Å².